The number of methoxy groups -OCH3 is 1. The average molecular weight is 417 g/mol. The highest BCUT2D eigenvalue weighted by Gasteiger charge is 2.30. The quantitative estimate of drug-likeness (QED) is 0.774. The molecular weight excluding hydrogens is 388 g/mol. The van der Waals surface area contributed by atoms with Gasteiger partial charge in [-0.2, -0.15) is 0 Å². The van der Waals surface area contributed by atoms with Crippen molar-refractivity contribution in [3.8, 4) is 17.0 Å². The van der Waals surface area contributed by atoms with Crippen LogP contribution in [0.3, 0.4) is 0 Å². The van der Waals surface area contributed by atoms with Crippen LogP contribution in [-0.4, -0.2) is 60.0 Å². The Morgan fingerprint density at radius 3 is 2.79 bits per heavy atom. The van der Waals surface area contributed by atoms with E-state index in [1.165, 1.54) is 11.3 Å². The maximum atomic E-state index is 12.8. The average Bonchev–Trinajstić information content (AvgIpc) is 3.22. The van der Waals surface area contributed by atoms with Gasteiger partial charge in [0.15, 0.2) is 5.13 Å². The number of rotatable bonds is 6. The van der Waals surface area contributed by atoms with Gasteiger partial charge >= 0.3 is 6.03 Å². The van der Waals surface area contributed by atoms with E-state index in [9.17, 15) is 9.59 Å². The molecule has 1 aliphatic rings. The number of benzene rings is 1. The van der Waals surface area contributed by atoms with Gasteiger partial charge in [-0.05, 0) is 38.8 Å². The predicted octanol–water partition coefficient (Wildman–Crippen LogP) is 3.93. The zero-order valence-corrected chi connectivity index (χ0v) is 18.0. The van der Waals surface area contributed by atoms with E-state index >= 15 is 0 Å². The fourth-order valence-corrected chi connectivity index (χ4v) is 4.29. The maximum Gasteiger partial charge on any atom is 0.320 e. The van der Waals surface area contributed by atoms with Crippen molar-refractivity contribution in [3.05, 3.63) is 29.6 Å². The molecular formula is C21H28N4O3S. The Hall–Kier alpha value is -2.61. The van der Waals surface area contributed by atoms with E-state index in [0.717, 1.165) is 29.8 Å². The van der Waals surface area contributed by atoms with Crippen molar-refractivity contribution in [1.29, 1.82) is 0 Å². The third-order valence-electron chi connectivity index (χ3n) is 5.21. The fraction of sp³-hybridized carbons (Fsp3) is 0.476. The van der Waals surface area contributed by atoms with Crippen LogP contribution in [0.5, 0.6) is 5.75 Å². The highest BCUT2D eigenvalue weighted by molar-refractivity contribution is 7.14. The first kappa shape index (κ1) is 21.1. The molecule has 156 valence electrons. The van der Waals surface area contributed by atoms with Gasteiger partial charge in [-0.1, -0.05) is 12.1 Å². The van der Waals surface area contributed by atoms with Crippen LogP contribution in [0.25, 0.3) is 11.3 Å². The molecule has 1 aromatic carbocycles. The molecule has 2 heterocycles. The number of ether oxygens (including phenoxy) is 1. The van der Waals surface area contributed by atoms with Gasteiger partial charge in [0.2, 0.25) is 5.91 Å². The zero-order valence-electron chi connectivity index (χ0n) is 17.2. The number of nitrogens with one attached hydrogen (secondary N) is 1. The third-order valence-corrected chi connectivity index (χ3v) is 5.97. The second-order valence-corrected chi connectivity index (χ2v) is 7.83. The van der Waals surface area contributed by atoms with Crippen molar-refractivity contribution in [2.75, 3.05) is 38.6 Å². The normalized spacial score (nSPS) is 16.4. The van der Waals surface area contributed by atoms with E-state index in [1.807, 2.05) is 43.5 Å². The number of aromatic nitrogens is 1. The molecule has 8 heteroatoms. The number of hydrogen-bond donors (Lipinski definition) is 1. The summed E-state index contributed by atoms with van der Waals surface area (Å²) in [7, 11) is 1.63. The van der Waals surface area contributed by atoms with Crippen LogP contribution in [0.15, 0.2) is 29.6 Å². The van der Waals surface area contributed by atoms with Gasteiger partial charge < -0.3 is 19.9 Å². The number of urea groups is 1. The molecule has 0 aliphatic carbocycles. The third kappa shape index (κ3) is 4.87. The van der Waals surface area contributed by atoms with E-state index in [0.29, 0.717) is 31.3 Å². The van der Waals surface area contributed by atoms with E-state index in [4.69, 9.17) is 4.74 Å². The first-order valence-corrected chi connectivity index (χ1v) is 10.9. The van der Waals surface area contributed by atoms with Crippen molar-refractivity contribution >= 4 is 28.4 Å². The molecule has 3 amide bonds. The summed E-state index contributed by atoms with van der Waals surface area (Å²) in [5, 5.41) is 5.40. The number of hydrogen-bond acceptors (Lipinski definition) is 5. The van der Waals surface area contributed by atoms with E-state index in [1.54, 1.807) is 16.9 Å². The standard InChI is InChI=1S/C21H28N4O3S/c1-4-24(5-2)21(27)25-12-8-9-15(13-25)19(26)23-20-22-17(14-29-20)16-10-6-7-11-18(16)28-3/h6-7,10-11,14-15H,4-5,8-9,12-13H2,1-3H3,(H,22,23,26). The van der Waals surface area contributed by atoms with Crippen LogP contribution < -0.4 is 10.1 Å². The van der Waals surface area contributed by atoms with Crippen molar-refractivity contribution in [3.63, 3.8) is 0 Å². The summed E-state index contributed by atoms with van der Waals surface area (Å²) in [4.78, 5) is 33.5. The van der Waals surface area contributed by atoms with Crippen LogP contribution in [0.1, 0.15) is 26.7 Å². The van der Waals surface area contributed by atoms with E-state index in [-0.39, 0.29) is 17.9 Å². The largest absolute Gasteiger partial charge is 0.496 e. The molecule has 1 atom stereocenters. The Morgan fingerprint density at radius 2 is 2.07 bits per heavy atom. The summed E-state index contributed by atoms with van der Waals surface area (Å²) >= 11 is 1.39. The lowest BCUT2D eigenvalue weighted by molar-refractivity contribution is -0.121. The second-order valence-electron chi connectivity index (χ2n) is 6.97. The number of likely N-dealkylation sites (tertiary alicyclic amines) is 1. The van der Waals surface area contributed by atoms with Crippen LogP contribution >= 0.6 is 11.3 Å². The number of para-hydroxylation sites is 1. The number of anilines is 1. The van der Waals surface area contributed by atoms with Gasteiger partial charge in [0.25, 0.3) is 0 Å². The number of carbonyl (C=O) groups excluding carboxylic acids is 2. The Kier molecular flexibility index (Phi) is 7.09. The van der Waals surface area contributed by atoms with Crippen molar-refractivity contribution in [2.24, 2.45) is 5.92 Å². The van der Waals surface area contributed by atoms with Crippen LogP contribution in [0, 0.1) is 5.92 Å². The molecule has 1 aliphatic heterocycles. The van der Waals surface area contributed by atoms with E-state index in [2.05, 4.69) is 10.3 Å². The van der Waals surface area contributed by atoms with Gasteiger partial charge in [-0.3, -0.25) is 4.79 Å². The van der Waals surface area contributed by atoms with Crippen LogP contribution in [0.4, 0.5) is 9.93 Å². The molecule has 1 saturated heterocycles. The number of carbonyl (C=O) groups is 2. The second kappa shape index (κ2) is 9.73. The monoisotopic (exact) mass is 416 g/mol. The minimum atomic E-state index is -0.220. The minimum absolute atomic E-state index is 0.0141. The summed E-state index contributed by atoms with van der Waals surface area (Å²) in [6.07, 6.45) is 1.61. The number of piperidine rings is 1. The predicted molar refractivity (Wildman–Crippen MR) is 115 cm³/mol. The van der Waals surface area contributed by atoms with Gasteiger partial charge in [0, 0.05) is 37.1 Å². The molecule has 0 saturated carbocycles. The Labute approximate surface area is 175 Å². The molecule has 2 aromatic rings. The molecule has 7 nitrogen and oxygen atoms in total. The summed E-state index contributed by atoms with van der Waals surface area (Å²) in [5.41, 5.74) is 1.66. The number of amides is 3. The molecule has 0 spiro atoms. The van der Waals surface area contributed by atoms with Crippen LogP contribution in [-0.2, 0) is 4.79 Å². The lowest BCUT2D eigenvalue weighted by atomic mass is 9.97. The zero-order chi connectivity index (χ0) is 20.8. The summed E-state index contributed by atoms with van der Waals surface area (Å²) in [6.45, 7) is 6.44. The topological polar surface area (TPSA) is 74.8 Å². The Balaban J connectivity index is 1.65. The first-order chi connectivity index (χ1) is 14.1. The Morgan fingerprint density at radius 1 is 1.31 bits per heavy atom. The summed E-state index contributed by atoms with van der Waals surface area (Å²) < 4.78 is 5.39. The van der Waals surface area contributed by atoms with Gasteiger partial charge in [-0.15, -0.1) is 11.3 Å². The van der Waals surface area contributed by atoms with E-state index < -0.39 is 0 Å². The van der Waals surface area contributed by atoms with Crippen molar-refractivity contribution in [2.45, 2.75) is 26.7 Å². The van der Waals surface area contributed by atoms with Gasteiger partial charge in [-0.25, -0.2) is 9.78 Å². The molecule has 29 heavy (non-hydrogen) atoms. The SMILES string of the molecule is CCN(CC)C(=O)N1CCCC(C(=O)Nc2nc(-c3ccccc3OC)cs2)C1. The molecule has 1 aromatic heterocycles. The molecule has 0 bridgehead atoms. The number of nitrogens with zero attached hydrogens (tertiary/aromatic N) is 3. The Bertz CT molecular complexity index is 850. The molecule has 1 N–H and O–H groups in total. The molecule has 1 fully saturated rings. The maximum absolute atomic E-state index is 12.8. The number of thiazole rings is 1. The molecule has 3 rings (SSSR count). The fourth-order valence-electron chi connectivity index (χ4n) is 3.58. The highest BCUT2D eigenvalue weighted by atomic mass is 32.1. The lowest BCUT2D eigenvalue weighted by Gasteiger charge is -2.35. The van der Waals surface area contributed by atoms with Crippen molar-refractivity contribution in [1.82, 2.24) is 14.8 Å². The van der Waals surface area contributed by atoms with Crippen molar-refractivity contribution < 1.29 is 14.3 Å². The lowest BCUT2D eigenvalue weighted by Crippen LogP contribution is -2.49. The van der Waals surface area contributed by atoms with Crippen LogP contribution in [0.2, 0.25) is 0 Å². The summed E-state index contributed by atoms with van der Waals surface area (Å²) in [6, 6.07) is 7.68. The minimum Gasteiger partial charge on any atom is -0.496 e. The van der Waals surface area contributed by atoms with Gasteiger partial charge in [0.05, 0.1) is 18.7 Å². The summed E-state index contributed by atoms with van der Waals surface area (Å²) in [5.74, 6) is 0.443. The first-order valence-electron chi connectivity index (χ1n) is 10.0. The molecule has 0 radical (unpaired) electrons. The highest BCUT2D eigenvalue weighted by Crippen LogP contribution is 2.32. The van der Waals surface area contributed by atoms with Gasteiger partial charge in [0.1, 0.15) is 5.75 Å². The smallest absolute Gasteiger partial charge is 0.320 e. The molecule has 1 unspecified atom stereocenters.